The number of fused-ring (bicyclic) bond motifs is 1. The van der Waals surface area contributed by atoms with Crippen LogP contribution in [0.3, 0.4) is 0 Å². The average Bonchev–Trinajstić information content (AvgIpc) is 3.20. The molecule has 0 aromatic carbocycles. The van der Waals surface area contributed by atoms with Gasteiger partial charge in [0, 0.05) is 43.7 Å². The predicted molar refractivity (Wildman–Crippen MR) is 99.6 cm³/mol. The van der Waals surface area contributed by atoms with Crippen LogP contribution in [0.4, 0.5) is 4.79 Å². The molecule has 1 saturated carbocycles. The molecule has 1 fully saturated rings. The third-order valence-corrected chi connectivity index (χ3v) is 5.93. The largest absolute Gasteiger partial charge is 0.338 e. The van der Waals surface area contributed by atoms with E-state index in [0.29, 0.717) is 17.8 Å². The minimum Gasteiger partial charge on any atom is -0.338 e. The predicted octanol–water partition coefficient (Wildman–Crippen LogP) is 3.19. The number of urea groups is 1. The van der Waals surface area contributed by atoms with Gasteiger partial charge in [-0.3, -0.25) is 0 Å². The van der Waals surface area contributed by atoms with Gasteiger partial charge >= 0.3 is 6.03 Å². The van der Waals surface area contributed by atoms with Crippen molar-refractivity contribution in [2.45, 2.75) is 43.9 Å². The third kappa shape index (κ3) is 4.04. The second-order valence-corrected chi connectivity index (χ2v) is 7.91. The van der Waals surface area contributed by atoms with E-state index in [9.17, 15) is 4.79 Å². The molecule has 2 amide bonds. The molecule has 0 bridgehead atoms. The van der Waals surface area contributed by atoms with Gasteiger partial charge < -0.3 is 14.6 Å². The second-order valence-electron chi connectivity index (χ2n) is 6.34. The summed E-state index contributed by atoms with van der Waals surface area (Å²) >= 11 is 2.02. The van der Waals surface area contributed by atoms with E-state index in [1.54, 1.807) is 0 Å². The van der Waals surface area contributed by atoms with Crippen LogP contribution >= 0.6 is 11.8 Å². The number of rotatable bonds is 6. The van der Waals surface area contributed by atoms with Gasteiger partial charge in [0.15, 0.2) is 0 Å². The average molecular weight is 347 g/mol. The summed E-state index contributed by atoms with van der Waals surface area (Å²) in [5, 5.41) is 3.75. The lowest BCUT2D eigenvalue weighted by Gasteiger charge is -2.25. The van der Waals surface area contributed by atoms with Gasteiger partial charge in [0.1, 0.15) is 5.65 Å². The van der Waals surface area contributed by atoms with Crippen molar-refractivity contribution in [2.24, 2.45) is 0 Å². The molecule has 1 N–H and O–H groups in total. The van der Waals surface area contributed by atoms with Gasteiger partial charge in [0.2, 0.25) is 0 Å². The molecule has 0 unspecified atom stereocenters. The van der Waals surface area contributed by atoms with Crippen LogP contribution < -0.4 is 5.32 Å². The van der Waals surface area contributed by atoms with Crippen LogP contribution in [0.15, 0.2) is 30.6 Å². The van der Waals surface area contributed by atoms with Gasteiger partial charge in [-0.25, -0.2) is 9.78 Å². The number of thioether (sulfide) groups is 1. The van der Waals surface area contributed by atoms with Crippen molar-refractivity contribution >= 4 is 23.4 Å². The molecule has 2 aromatic heterocycles. The van der Waals surface area contributed by atoms with Crippen molar-refractivity contribution in [3.63, 3.8) is 0 Å². The highest BCUT2D eigenvalue weighted by Gasteiger charge is 2.29. The topological polar surface area (TPSA) is 49.6 Å². The van der Waals surface area contributed by atoms with Crippen molar-refractivity contribution in [1.29, 1.82) is 0 Å². The van der Waals surface area contributed by atoms with Crippen molar-refractivity contribution in [3.8, 4) is 0 Å². The molecule has 2 heterocycles. The standard InChI is InChI=1S/C18H26N4OS/c1-3-24-16-8-7-15(12-16)21(2)18(23)19-10-9-14-13-22-11-5-4-6-17(22)20-14/h4-6,11,13,15-16H,3,7-10,12H2,1-2H3,(H,19,23)/t15-,16-/m0/s1. The summed E-state index contributed by atoms with van der Waals surface area (Å²) in [6.07, 6.45) is 8.23. The molecule has 5 nitrogen and oxygen atoms in total. The summed E-state index contributed by atoms with van der Waals surface area (Å²) in [7, 11) is 1.92. The smallest absolute Gasteiger partial charge is 0.317 e. The Morgan fingerprint density at radius 3 is 3.12 bits per heavy atom. The molecular weight excluding hydrogens is 320 g/mol. The molecule has 2 aromatic rings. The molecule has 0 saturated heterocycles. The Labute approximate surface area is 147 Å². The van der Waals surface area contributed by atoms with Crippen LogP contribution in [0.5, 0.6) is 0 Å². The van der Waals surface area contributed by atoms with Crippen LogP contribution in [0.2, 0.25) is 0 Å². The van der Waals surface area contributed by atoms with Gasteiger partial charge in [-0.1, -0.05) is 13.0 Å². The van der Waals surface area contributed by atoms with Crippen molar-refractivity contribution in [1.82, 2.24) is 19.6 Å². The highest BCUT2D eigenvalue weighted by Crippen LogP contribution is 2.32. The van der Waals surface area contributed by atoms with Crippen LogP contribution in [0.1, 0.15) is 31.9 Å². The van der Waals surface area contributed by atoms with Gasteiger partial charge in [0.05, 0.1) is 5.69 Å². The maximum absolute atomic E-state index is 12.3. The summed E-state index contributed by atoms with van der Waals surface area (Å²) < 4.78 is 2.01. The number of pyridine rings is 1. The number of imidazole rings is 1. The van der Waals surface area contributed by atoms with Gasteiger partial charge in [-0.05, 0) is 37.1 Å². The molecule has 24 heavy (non-hydrogen) atoms. The fourth-order valence-corrected chi connectivity index (χ4v) is 4.48. The monoisotopic (exact) mass is 346 g/mol. The lowest BCUT2D eigenvalue weighted by molar-refractivity contribution is 0.191. The lowest BCUT2D eigenvalue weighted by atomic mass is 10.2. The van der Waals surface area contributed by atoms with Crippen LogP contribution in [0, 0.1) is 0 Å². The Morgan fingerprint density at radius 1 is 1.46 bits per heavy atom. The number of hydrogen-bond acceptors (Lipinski definition) is 3. The normalized spacial score (nSPS) is 20.4. The van der Waals surface area contributed by atoms with E-state index < -0.39 is 0 Å². The number of hydrogen-bond donors (Lipinski definition) is 1. The molecule has 0 aliphatic heterocycles. The van der Waals surface area contributed by atoms with Crippen molar-refractivity contribution in [3.05, 3.63) is 36.3 Å². The maximum atomic E-state index is 12.3. The summed E-state index contributed by atoms with van der Waals surface area (Å²) in [6, 6.07) is 6.37. The Hall–Kier alpha value is -1.69. The molecule has 6 heteroatoms. The van der Waals surface area contributed by atoms with Crippen molar-refractivity contribution < 1.29 is 4.79 Å². The molecule has 0 spiro atoms. The van der Waals surface area contributed by atoms with E-state index in [-0.39, 0.29) is 6.03 Å². The van der Waals surface area contributed by atoms with Crippen LogP contribution in [0.25, 0.3) is 5.65 Å². The van der Waals surface area contributed by atoms with Gasteiger partial charge in [-0.2, -0.15) is 11.8 Å². The zero-order valence-corrected chi connectivity index (χ0v) is 15.3. The zero-order chi connectivity index (χ0) is 16.9. The fourth-order valence-electron chi connectivity index (χ4n) is 3.35. The fraction of sp³-hybridized carbons (Fsp3) is 0.556. The first-order valence-electron chi connectivity index (χ1n) is 8.72. The Bertz CT molecular complexity index is 653. The van der Waals surface area contributed by atoms with Crippen LogP contribution in [-0.4, -0.2) is 51.0 Å². The summed E-state index contributed by atoms with van der Waals surface area (Å²) in [5.74, 6) is 1.16. The van der Waals surface area contributed by atoms with Crippen molar-refractivity contribution in [2.75, 3.05) is 19.3 Å². The molecular formula is C18H26N4OS. The SMILES string of the molecule is CCS[C@H]1CC[C@H](N(C)C(=O)NCCc2cn3ccccc3n2)C1. The first-order valence-corrected chi connectivity index (χ1v) is 9.77. The number of nitrogens with one attached hydrogen (secondary N) is 1. The van der Waals surface area contributed by atoms with E-state index in [1.165, 1.54) is 6.42 Å². The quantitative estimate of drug-likeness (QED) is 0.874. The maximum Gasteiger partial charge on any atom is 0.317 e. The van der Waals surface area contributed by atoms with E-state index in [1.807, 2.05) is 58.7 Å². The number of amides is 2. The Kier molecular flexibility index (Phi) is 5.66. The summed E-state index contributed by atoms with van der Waals surface area (Å²) in [5.41, 5.74) is 1.95. The Morgan fingerprint density at radius 2 is 2.33 bits per heavy atom. The number of carbonyl (C=O) groups is 1. The van der Waals surface area contributed by atoms with Gasteiger partial charge in [-0.15, -0.1) is 0 Å². The number of nitrogens with zero attached hydrogens (tertiary/aromatic N) is 3. The van der Waals surface area contributed by atoms with E-state index in [2.05, 4.69) is 17.2 Å². The van der Waals surface area contributed by atoms with E-state index in [0.717, 1.165) is 36.4 Å². The third-order valence-electron chi connectivity index (χ3n) is 4.70. The van der Waals surface area contributed by atoms with E-state index >= 15 is 0 Å². The molecule has 3 rings (SSSR count). The summed E-state index contributed by atoms with van der Waals surface area (Å²) in [4.78, 5) is 18.8. The lowest BCUT2D eigenvalue weighted by Crippen LogP contribution is -2.43. The van der Waals surface area contributed by atoms with Crippen LogP contribution in [-0.2, 0) is 6.42 Å². The van der Waals surface area contributed by atoms with E-state index in [4.69, 9.17) is 0 Å². The molecule has 0 radical (unpaired) electrons. The summed E-state index contributed by atoms with van der Waals surface area (Å²) in [6.45, 7) is 2.82. The Balaban J connectivity index is 1.45. The highest BCUT2D eigenvalue weighted by molar-refractivity contribution is 7.99. The minimum absolute atomic E-state index is 0.0333. The molecule has 1 aliphatic rings. The minimum atomic E-state index is 0.0333. The molecule has 1 aliphatic carbocycles. The molecule has 2 atom stereocenters. The molecule has 130 valence electrons. The van der Waals surface area contributed by atoms with Gasteiger partial charge in [0.25, 0.3) is 0 Å². The zero-order valence-electron chi connectivity index (χ0n) is 14.4. The number of aromatic nitrogens is 2. The second kappa shape index (κ2) is 7.92. The number of carbonyl (C=O) groups excluding carboxylic acids is 1. The highest BCUT2D eigenvalue weighted by atomic mass is 32.2. The first-order chi connectivity index (χ1) is 11.7. The first kappa shape index (κ1) is 17.1.